The number of hydrogen-bond donors (Lipinski definition) is 2. The topological polar surface area (TPSA) is 72.5 Å². The molecule has 0 radical (unpaired) electrons. The van der Waals surface area contributed by atoms with Gasteiger partial charge in [0.05, 0.1) is 6.54 Å². The van der Waals surface area contributed by atoms with Crippen LogP contribution in [0.15, 0.2) is 12.4 Å². The van der Waals surface area contributed by atoms with Gasteiger partial charge in [-0.05, 0) is 37.8 Å². The molecule has 2 heterocycles. The van der Waals surface area contributed by atoms with Crippen LogP contribution in [0.1, 0.15) is 41.7 Å². The van der Waals surface area contributed by atoms with Crippen LogP contribution in [0.25, 0.3) is 0 Å². The van der Waals surface area contributed by atoms with Crippen LogP contribution in [0.3, 0.4) is 0 Å². The first kappa shape index (κ1) is 10.5. The maximum Gasteiger partial charge on any atom is 0.144 e. The molecule has 90 valence electrons. The number of nitrogens with one attached hydrogen (secondary N) is 1. The van der Waals surface area contributed by atoms with Crippen molar-refractivity contribution in [3.63, 3.8) is 0 Å². The van der Waals surface area contributed by atoms with Crippen LogP contribution in [0.4, 0.5) is 0 Å². The van der Waals surface area contributed by atoms with Crippen molar-refractivity contribution in [3.8, 4) is 0 Å². The molecule has 1 unspecified atom stereocenters. The molecule has 3 rings (SSSR count). The van der Waals surface area contributed by atoms with Crippen molar-refractivity contribution in [1.29, 1.82) is 0 Å². The quantitative estimate of drug-likeness (QED) is 0.818. The Bertz CT molecular complexity index is 511. The first-order valence-corrected chi connectivity index (χ1v) is 6.04. The highest BCUT2D eigenvalue weighted by Crippen LogP contribution is 2.30. The molecule has 17 heavy (non-hydrogen) atoms. The number of aryl methyl sites for hydroxylation is 1. The third-order valence-corrected chi connectivity index (χ3v) is 3.55. The normalized spacial score (nSPS) is 19.3. The Morgan fingerprint density at radius 1 is 1.59 bits per heavy atom. The summed E-state index contributed by atoms with van der Waals surface area (Å²) in [4.78, 5) is 4.18. The van der Waals surface area contributed by atoms with Gasteiger partial charge in [0.25, 0.3) is 0 Å². The standard InChI is InChI=1S/C12H17N5/c1-8-5-9-10(13)3-2-4-11(9)17(8)6-12-14-7-15-16-12/h5,7,10H,2-4,6,13H2,1H3,(H,14,15,16). The highest BCUT2D eigenvalue weighted by Gasteiger charge is 2.22. The van der Waals surface area contributed by atoms with Crippen LogP contribution in [0.5, 0.6) is 0 Å². The fourth-order valence-electron chi connectivity index (χ4n) is 2.68. The molecule has 0 amide bonds. The maximum atomic E-state index is 6.15. The molecular formula is C12H17N5. The van der Waals surface area contributed by atoms with Gasteiger partial charge in [0.1, 0.15) is 12.2 Å². The highest BCUT2D eigenvalue weighted by molar-refractivity contribution is 5.33. The molecule has 0 saturated heterocycles. The van der Waals surface area contributed by atoms with Gasteiger partial charge in [-0.2, -0.15) is 5.10 Å². The Kier molecular flexibility index (Phi) is 2.48. The summed E-state index contributed by atoms with van der Waals surface area (Å²) < 4.78 is 2.30. The Hall–Kier alpha value is -1.62. The first-order valence-electron chi connectivity index (χ1n) is 6.04. The molecule has 2 aromatic rings. The number of rotatable bonds is 2. The van der Waals surface area contributed by atoms with Crippen molar-refractivity contribution < 1.29 is 0 Å². The number of H-pyrrole nitrogens is 1. The Labute approximate surface area is 100 Å². The van der Waals surface area contributed by atoms with Crippen LogP contribution in [-0.4, -0.2) is 19.7 Å². The van der Waals surface area contributed by atoms with Crippen molar-refractivity contribution in [2.75, 3.05) is 0 Å². The number of nitrogens with two attached hydrogens (primary N) is 1. The zero-order chi connectivity index (χ0) is 11.8. The van der Waals surface area contributed by atoms with E-state index in [2.05, 4.69) is 32.7 Å². The van der Waals surface area contributed by atoms with Crippen molar-refractivity contribution in [2.45, 2.75) is 38.8 Å². The molecule has 0 saturated carbocycles. The lowest BCUT2D eigenvalue weighted by Gasteiger charge is -2.20. The van der Waals surface area contributed by atoms with Crippen molar-refractivity contribution >= 4 is 0 Å². The number of aromatic amines is 1. The number of hydrogen-bond acceptors (Lipinski definition) is 3. The average Bonchev–Trinajstić information content (AvgIpc) is 2.91. The fraction of sp³-hybridized carbons (Fsp3) is 0.500. The summed E-state index contributed by atoms with van der Waals surface area (Å²) >= 11 is 0. The lowest BCUT2D eigenvalue weighted by atomic mass is 9.93. The molecule has 0 bridgehead atoms. The van der Waals surface area contributed by atoms with Gasteiger partial charge in [-0.15, -0.1) is 0 Å². The largest absolute Gasteiger partial charge is 0.341 e. The predicted molar refractivity (Wildman–Crippen MR) is 64.5 cm³/mol. The van der Waals surface area contributed by atoms with E-state index in [1.807, 2.05) is 0 Å². The first-order chi connectivity index (χ1) is 8.25. The highest BCUT2D eigenvalue weighted by atomic mass is 15.2. The lowest BCUT2D eigenvalue weighted by Crippen LogP contribution is -2.18. The molecule has 1 aliphatic carbocycles. The minimum atomic E-state index is 0.202. The molecule has 1 aliphatic rings. The molecule has 5 heteroatoms. The summed E-state index contributed by atoms with van der Waals surface area (Å²) in [7, 11) is 0. The van der Waals surface area contributed by atoms with Gasteiger partial charge in [-0.3, -0.25) is 5.10 Å². The minimum Gasteiger partial charge on any atom is -0.341 e. The molecule has 2 aromatic heterocycles. The summed E-state index contributed by atoms with van der Waals surface area (Å²) in [6.45, 7) is 2.88. The van der Waals surface area contributed by atoms with E-state index in [0.29, 0.717) is 0 Å². The SMILES string of the molecule is Cc1cc2c(n1Cc1ncn[nH]1)CCCC2N. The van der Waals surface area contributed by atoms with E-state index in [0.717, 1.165) is 25.2 Å². The zero-order valence-corrected chi connectivity index (χ0v) is 9.98. The van der Waals surface area contributed by atoms with Gasteiger partial charge in [0, 0.05) is 17.4 Å². The monoisotopic (exact) mass is 231 g/mol. The second-order valence-corrected chi connectivity index (χ2v) is 4.70. The van der Waals surface area contributed by atoms with E-state index in [4.69, 9.17) is 5.73 Å². The summed E-state index contributed by atoms with van der Waals surface area (Å²) in [6, 6.07) is 2.42. The van der Waals surface area contributed by atoms with Gasteiger partial charge in [0.15, 0.2) is 0 Å². The van der Waals surface area contributed by atoms with E-state index in [9.17, 15) is 0 Å². The van der Waals surface area contributed by atoms with Gasteiger partial charge in [-0.1, -0.05) is 0 Å². The number of aromatic nitrogens is 4. The van der Waals surface area contributed by atoms with Gasteiger partial charge >= 0.3 is 0 Å². The molecule has 1 atom stereocenters. The number of fused-ring (bicyclic) bond motifs is 1. The summed E-state index contributed by atoms with van der Waals surface area (Å²) in [5.41, 5.74) is 10.1. The van der Waals surface area contributed by atoms with Crippen molar-refractivity contribution in [3.05, 3.63) is 35.2 Å². The molecule has 0 aromatic carbocycles. The Balaban J connectivity index is 1.99. The van der Waals surface area contributed by atoms with Gasteiger partial charge in [0.2, 0.25) is 0 Å². The number of nitrogens with zero attached hydrogens (tertiary/aromatic N) is 3. The summed E-state index contributed by atoms with van der Waals surface area (Å²) in [5, 5.41) is 6.79. The third-order valence-electron chi connectivity index (χ3n) is 3.55. The maximum absolute atomic E-state index is 6.15. The molecule has 0 aliphatic heterocycles. The molecular weight excluding hydrogens is 214 g/mol. The molecule has 5 nitrogen and oxygen atoms in total. The van der Waals surface area contributed by atoms with Gasteiger partial charge in [-0.25, -0.2) is 4.98 Å². The Morgan fingerprint density at radius 2 is 2.47 bits per heavy atom. The van der Waals surface area contributed by atoms with Crippen LogP contribution in [0, 0.1) is 6.92 Å². The molecule has 0 fully saturated rings. The smallest absolute Gasteiger partial charge is 0.144 e. The van der Waals surface area contributed by atoms with E-state index >= 15 is 0 Å². The predicted octanol–water partition coefficient (Wildman–Crippen LogP) is 1.30. The lowest BCUT2D eigenvalue weighted by molar-refractivity contribution is 0.543. The average molecular weight is 231 g/mol. The van der Waals surface area contributed by atoms with Crippen molar-refractivity contribution in [2.24, 2.45) is 5.73 Å². The van der Waals surface area contributed by atoms with Crippen LogP contribution in [-0.2, 0) is 13.0 Å². The van der Waals surface area contributed by atoms with Crippen LogP contribution in [0.2, 0.25) is 0 Å². The minimum absolute atomic E-state index is 0.202. The van der Waals surface area contributed by atoms with E-state index in [-0.39, 0.29) is 6.04 Å². The molecule has 0 spiro atoms. The fourth-order valence-corrected chi connectivity index (χ4v) is 2.68. The summed E-state index contributed by atoms with van der Waals surface area (Å²) in [6.07, 6.45) is 4.93. The van der Waals surface area contributed by atoms with Crippen molar-refractivity contribution in [1.82, 2.24) is 19.7 Å². The second kappa shape index (κ2) is 4.00. The third kappa shape index (κ3) is 1.76. The van der Waals surface area contributed by atoms with E-state index in [1.54, 1.807) is 6.33 Å². The van der Waals surface area contributed by atoms with E-state index in [1.165, 1.54) is 23.4 Å². The second-order valence-electron chi connectivity index (χ2n) is 4.70. The summed E-state index contributed by atoms with van der Waals surface area (Å²) in [5.74, 6) is 0.894. The Morgan fingerprint density at radius 3 is 3.24 bits per heavy atom. The molecule has 3 N–H and O–H groups in total. The van der Waals surface area contributed by atoms with Gasteiger partial charge < -0.3 is 10.3 Å². The van der Waals surface area contributed by atoms with E-state index < -0.39 is 0 Å². The zero-order valence-electron chi connectivity index (χ0n) is 9.98. The van der Waals surface area contributed by atoms with Crippen LogP contribution >= 0.6 is 0 Å². The van der Waals surface area contributed by atoms with Crippen LogP contribution < -0.4 is 5.73 Å².